The van der Waals surface area contributed by atoms with Crippen LogP contribution >= 0.6 is 11.6 Å². The molecule has 4 rings (SSSR count). The number of aromatic nitrogens is 2. The molecule has 1 aromatic heterocycles. The Bertz CT molecular complexity index is 1220. The highest BCUT2D eigenvalue weighted by atomic mass is 35.5. The fraction of sp³-hybridized carbons (Fsp3) is 0.280. The molecule has 1 aliphatic heterocycles. The van der Waals surface area contributed by atoms with Crippen LogP contribution in [-0.4, -0.2) is 46.4 Å². The predicted molar refractivity (Wildman–Crippen MR) is 127 cm³/mol. The summed E-state index contributed by atoms with van der Waals surface area (Å²) in [6.07, 6.45) is 2.45. The van der Waals surface area contributed by atoms with E-state index in [0.717, 1.165) is 17.5 Å². The molecule has 0 aliphatic carbocycles. The standard InChI is InChI=1S/C25H26ClN3O4/c1-5-9-29-24(15-7-8-19(33-10-6-2)20(12-15)32-4)21-22(27-28-23(21)25(29)31)16-13-17(26)14(3)11-18(16)30/h6-8,11-13,24,30H,2,5,9-10H2,1,3-4H3,(H,27,28). The zero-order valence-electron chi connectivity index (χ0n) is 18.8. The molecule has 0 saturated heterocycles. The number of fused-ring (bicyclic) bond motifs is 1. The number of aromatic hydroxyl groups is 1. The number of hydrogen-bond donors (Lipinski definition) is 2. The Kier molecular flexibility index (Phi) is 6.33. The highest BCUT2D eigenvalue weighted by molar-refractivity contribution is 6.31. The third-order valence-electron chi connectivity index (χ3n) is 5.72. The lowest BCUT2D eigenvalue weighted by atomic mass is 9.95. The number of hydrogen-bond acceptors (Lipinski definition) is 5. The van der Waals surface area contributed by atoms with Crippen LogP contribution < -0.4 is 9.47 Å². The number of ether oxygens (including phenoxy) is 2. The average molecular weight is 468 g/mol. The van der Waals surface area contributed by atoms with Crippen LogP contribution in [0.5, 0.6) is 17.2 Å². The molecule has 172 valence electrons. The van der Waals surface area contributed by atoms with Gasteiger partial charge in [-0.3, -0.25) is 9.89 Å². The van der Waals surface area contributed by atoms with E-state index < -0.39 is 6.04 Å². The summed E-state index contributed by atoms with van der Waals surface area (Å²) in [4.78, 5) is 15.1. The first-order valence-electron chi connectivity index (χ1n) is 10.7. The van der Waals surface area contributed by atoms with Crippen LogP contribution in [0.25, 0.3) is 11.3 Å². The van der Waals surface area contributed by atoms with Gasteiger partial charge in [0, 0.05) is 22.7 Å². The van der Waals surface area contributed by atoms with Crippen LogP contribution in [-0.2, 0) is 0 Å². The minimum absolute atomic E-state index is 0.0529. The molecule has 0 bridgehead atoms. The number of halogens is 1. The Morgan fingerprint density at radius 3 is 2.79 bits per heavy atom. The van der Waals surface area contributed by atoms with E-state index in [1.165, 1.54) is 0 Å². The fourth-order valence-corrected chi connectivity index (χ4v) is 4.36. The summed E-state index contributed by atoms with van der Waals surface area (Å²) in [6, 6.07) is 8.47. The van der Waals surface area contributed by atoms with Crippen LogP contribution in [0.3, 0.4) is 0 Å². The number of nitrogens with one attached hydrogen (secondary N) is 1. The minimum Gasteiger partial charge on any atom is -0.507 e. The van der Waals surface area contributed by atoms with E-state index in [4.69, 9.17) is 21.1 Å². The number of H-pyrrole nitrogens is 1. The van der Waals surface area contributed by atoms with E-state index in [9.17, 15) is 9.90 Å². The quantitative estimate of drug-likeness (QED) is 0.440. The molecule has 2 N–H and O–H groups in total. The molecule has 1 aliphatic rings. The van der Waals surface area contributed by atoms with Gasteiger partial charge in [0.15, 0.2) is 11.5 Å². The highest BCUT2D eigenvalue weighted by Crippen LogP contribution is 2.46. The molecule has 1 unspecified atom stereocenters. The molecule has 0 fully saturated rings. The van der Waals surface area contributed by atoms with Crippen LogP contribution in [0.2, 0.25) is 5.02 Å². The van der Waals surface area contributed by atoms with Crippen molar-refractivity contribution in [2.24, 2.45) is 0 Å². The van der Waals surface area contributed by atoms with Gasteiger partial charge in [0.1, 0.15) is 23.7 Å². The number of carbonyl (C=O) groups excluding carboxylic acids is 1. The van der Waals surface area contributed by atoms with Gasteiger partial charge in [-0.15, -0.1) is 0 Å². The summed E-state index contributed by atoms with van der Waals surface area (Å²) in [5.74, 6) is 1.05. The number of carbonyl (C=O) groups is 1. The molecule has 2 aromatic carbocycles. The number of amides is 1. The van der Waals surface area contributed by atoms with E-state index in [2.05, 4.69) is 16.8 Å². The van der Waals surface area contributed by atoms with E-state index >= 15 is 0 Å². The number of methoxy groups -OCH3 is 1. The van der Waals surface area contributed by atoms with Gasteiger partial charge < -0.3 is 19.5 Å². The molecule has 8 heteroatoms. The molecular formula is C25H26ClN3O4. The normalized spacial score (nSPS) is 15.0. The maximum Gasteiger partial charge on any atom is 0.273 e. The Morgan fingerprint density at radius 1 is 1.30 bits per heavy atom. The van der Waals surface area contributed by atoms with Gasteiger partial charge in [-0.1, -0.05) is 37.2 Å². The molecular weight excluding hydrogens is 442 g/mol. The number of phenolic OH excluding ortho intramolecular Hbond substituents is 1. The molecule has 1 atom stereocenters. The monoisotopic (exact) mass is 467 g/mol. The van der Waals surface area contributed by atoms with Gasteiger partial charge >= 0.3 is 0 Å². The highest BCUT2D eigenvalue weighted by Gasteiger charge is 2.42. The molecule has 2 heterocycles. The second-order valence-electron chi connectivity index (χ2n) is 7.89. The molecule has 0 spiro atoms. The fourth-order valence-electron chi connectivity index (χ4n) is 4.20. The van der Waals surface area contributed by atoms with E-state index in [0.29, 0.717) is 52.2 Å². The maximum atomic E-state index is 13.3. The van der Waals surface area contributed by atoms with Crippen LogP contribution in [0.1, 0.15) is 46.6 Å². The van der Waals surface area contributed by atoms with Crippen molar-refractivity contribution in [2.45, 2.75) is 26.3 Å². The Balaban J connectivity index is 1.88. The first-order valence-corrected chi connectivity index (χ1v) is 11.1. The molecule has 7 nitrogen and oxygen atoms in total. The number of aromatic amines is 1. The summed E-state index contributed by atoms with van der Waals surface area (Å²) >= 11 is 6.35. The van der Waals surface area contributed by atoms with Gasteiger partial charge in [-0.2, -0.15) is 5.10 Å². The van der Waals surface area contributed by atoms with Crippen molar-refractivity contribution in [3.8, 4) is 28.5 Å². The zero-order chi connectivity index (χ0) is 23.7. The van der Waals surface area contributed by atoms with E-state index in [-0.39, 0.29) is 11.7 Å². The van der Waals surface area contributed by atoms with Crippen molar-refractivity contribution in [1.82, 2.24) is 15.1 Å². The first-order chi connectivity index (χ1) is 15.9. The van der Waals surface area contributed by atoms with Gasteiger partial charge in [0.2, 0.25) is 0 Å². The predicted octanol–water partition coefficient (Wildman–Crippen LogP) is 5.27. The molecule has 0 saturated carbocycles. The smallest absolute Gasteiger partial charge is 0.273 e. The third-order valence-corrected chi connectivity index (χ3v) is 6.13. The lowest BCUT2D eigenvalue weighted by Gasteiger charge is -2.26. The summed E-state index contributed by atoms with van der Waals surface area (Å²) < 4.78 is 11.2. The summed E-state index contributed by atoms with van der Waals surface area (Å²) in [7, 11) is 1.57. The molecule has 33 heavy (non-hydrogen) atoms. The maximum absolute atomic E-state index is 13.3. The van der Waals surface area contributed by atoms with Crippen molar-refractivity contribution in [1.29, 1.82) is 0 Å². The topological polar surface area (TPSA) is 87.7 Å². The second-order valence-corrected chi connectivity index (χ2v) is 8.30. The molecule has 1 amide bonds. The van der Waals surface area contributed by atoms with Crippen LogP contribution in [0.15, 0.2) is 43.0 Å². The van der Waals surface area contributed by atoms with Crippen molar-refractivity contribution in [3.63, 3.8) is 0 Å². The largest absolute Gasteiger partial charge is 0.507 e. The number of benzene rings is 2. The van der Waals surface area contributed by atoms with Gasteiger partial charge in [0.25, 0.3) is 5.91 Å². The van der Waals surface area contributed by atoms with E-state index in [1.54, 1.807) is 30.2 Å². The molecule has 3 aromatic rings. The summed E-state index contributed by atoms with van der Waals surface area (Å²) in [5.41, 5.74) is 3.67. The van der Waals surface area contributed by atoms with Crippen molar-refractivity contribution < 1.29 is 19.4 Å². The van der Waals surface area contributed by atoms with E-state index in [1.807, 2.05) is 32.0 Å². The van der Waals surface area contributed by atoms with Crippen LogP contribution in [0, 0.1) is 6.92 Å². The Hall–Kier alpha value is -3.45. The minimum atomic E-state index is -0.414. The van der Waals surface area contributed by atoms with Crippen molar-refractivity contribution in [3.05, 3.63) is 70.4 Å². The third kappa shape index (κ3) is 3.93. The zero-order valence-corrected chi connectivity index (χ0v) is 19.6. The number of phenols is 1. The Morgan fingerprint density at radius 2 is 2.09 bits per heavy atom. The molecule has 0 radical (unpaired) electrons. The van der Waals surface area contributed by atoms with Crippen LogP contribution in [0.4, 0.5) is 0 Å². The van der Waals surface area contributed by atoms with Gasteiger partial charge in [-0.25, -0.2) is 0 Å². The summed E-state index contributed by atoms with van der Waals surface area (Å²) in [5, 5.41) is 18.5. The van der Waals surface area contributed by atoms with Gasteiger partial charge in [-0.05, 0) is 48.7 Å². The SMILES string of the molecule is C=CCOc1ccc(C2c3c(-c4cc(Cl)c(C)cc4O)n[nH]c3C(=O)N2CCC)cc1OC. The summed E-state index contributed by atoms with van der Waals surface area (Å²) in [6.45, 7) is 8.43. The average Bonchev–Trinajstić information content (AvgIpc) is 3.34. The van der Waals surface area contributed by atoms with Crippen molar-refractivity contribution >= 4 is 17.5 Å². The van der Waals surface area contributed by atoms with Gasteiger partial charge in [0.05, 0.1) is 13.2 Å². The number of rotatable bonds is 8. The Labute approximate surface area is 197 Å². The number of nitrogens with zero attached hydrogens (tertiary/aromatic N) is 2. The lowest BCUT2D eigenvalue weighted by Crippen LogP contribution is -2.30. The first kappa shape index (κ1) is 22.7. The lowest BCUT2D eigenvalue weighted by molar-refractivity contribution is 0.0743. The van der Waals surface area contributed by atoms with Crippen molar-refractivity contribution in [2.75, 3.05) is 20.3 Å². The second kappa shape index (κ2) is 9.19. The number of aryl methyl sites for hydroxylation is 1.